The zero-order valence-corrected chi connectivity index (χ0v) is 12.8. The number of aryl methyl sites for hydroxylation is 1. The first-order chi connectivity index (χ1) is 11.3. The van der Waals surface area contributed by atoms with Gasteiger partial charge in [0.05, 0.1) is 19.0 Å². The number of benzene rings is 2. The van der Waals surface area contributed by atoms with Crippen molar-refractivity contribution in [2.75, 3.05) is 12.5 Å². The molecule has 0 atom stereocenters. The largest absolute Gasteiger partial charge is 0.496 e. The first kappa shape index (κ1) is 14.7. The molecule has 0 saturated heterocycles. The number of para-hydroxylation sites is 1. The molecule has 3 rings (SSSR count). The molecule has 0 aliphatic rings. The zero-order valence-electron chi connectivity index (χ0n) is 12.8. The number of tetrazole rings is 1. The standard InChI is InChI=1S/C16H16N6O/c1-12-8-9-13(10-15(12)23-2)11-17-18-16-19-20-21-22(16)14-6-4-3-5-7-14/h3-11H,1-2H3,(H,18,19,21)/b17-11+. The quantitative estimate of drug-likeness (QED) is 0.578. The van der Waals surface area contributed by atoms with Gasteiger partial charge >= 0.3 is 0 Å². The van der Waals surface area contributed by atoms with E-state index in [-0.39, 0.29) is 0 Å². The summed E-state index contributed by atoms with van der Waals surface area (Å²) in [6, 6.07) is 15.5. The summed E-state index contributed by atoms with van der Waals surface area (Å²) in [5.41, 5.74) is 5.69. The van der Waals surface area contributed by atoms with Crippen molar-refractivity contribution in [2.24, 2.45) is 5.10 Å². The van der Waals surface area contributed by atoms with E-state index in [4.69, 9.17) is 4.74 Å². The fraction of sp³-hybridized carbons (Fsp3) is 0.125. The Morgan fingerprint density at radius 1 is 1.17 bits per heavy atom. The number of methoxy groups -OCH3 is 1. The summed E-state index contributed by atoms with van der Waals surface area (Å²) in [7, 11) is 1.65. The molecule has 7 heteroatoms. The van der Waals surface area contributed by atoms with Gasteiger partial charge in [-0.1, -0.05) is 35.4 Å². The summed E-state index contributed by atoms with van der Waals surface area (Å²) < 4.78 is 6.87. The van der Waals surface area contributed by atoms with E-state index in [9.17, 15) is 0 Å². The Bertz CT molecular complexity index is 812. The van der Waals surface area contributed by atoms with E-state index in [1.165, 1.54) is 0 Å². The molecular formula is C16H16N6O. The van der Waals surface area contributed by atoms with Gasteiger partial charge in [0.25, 0.3) is 5.95 Å². The summed E-state index contributed by atoms with van der Waals surface area (Å²) in [6.45, 7) is 1.99. The molecule has 1 aromatic heterocycles. The minimum absolute atomic E-state index is 0.437. The monoisotopic (exact) mass is 308 g/mol. The summed E-state index contributed by atoms with van der Waals surface area (Å²) in [5.74, 6) is 1.26. The molecule has 0 fully saturated rings. The van der Waals surface area contributed by atoms with Crippen LogP contribution < -0.4 is 10.2 Å². The van der Waals surface area contributed by atoms with Crippen molar-refractivity contribution in [2.45, 2.75) is 6.92 Å². The van der Waals surface area contributed by atoms with Gasteiger partial charge in [0.15, 0.2) is 0 Å². The molecular weight excluding hydrogens is 292 g/mol. The second-order valence-electron chi connectivity index (χ2n) is 4.85. The number of aromatic nitrogens is 4. The van der Waals surface area contributed by atoms with E-state index >= 15 is 0 Å². The smallest absolute Gasteiger partial charge is 0.268 e. The molecule has 1 N–H and O–H groups in total. The highest BCUT2D eigenvalue weighted by Crippen LogP contribution is 2.18. The van der Waals surface area contributed by atoms with Crippen LogP contribution in [0.1, 0.15) is 11.1 Å². The van der Waals surface area contributed by atoms with Gasteiger partial charge in [0.1, 0.15) is 5.75 Å². The number of nitrogens with zero attached hydrogens (tertiary/aromatic N) is 5. The van der Waals surface area contributed by atoms with Crippen LogP contribution in [-0.2, 0) is 0 Å². The second kappa shape index (κ2) is 6.69. The molecule has 0 radical (unpaired) electrons. The van der Waals surface area contributed by atoms with Crippen LogP contribution >= 0.6 is 0 Å². The number of hydrogen-bond acceptors (Lipinski definition) is 6. The molecule has 0 saturated carbocycles. The van der Waals surface area contributed by atoms with Crippen molar-refractivity contribution in [1.29, 1.82) is 0 Å². The average Bonchev–Trinajstić information content (AvgIpc) is 3.05. The van der Waals surface area contributed by atoms with Gasteiger partial charge < -0.3 is 4.74 Å². The van der Waals surface area contributed by atoms with Gasteiger partial charge in [-0.15, -0.1) is 0 Å². The molecule has 0 aliphatic carbocycles. The van der Waals surface area contributed by atoms with Gasteiger partial charge in [-0.05, 0) is 46.7 Å². The normalized spacial score (nSPS) is 10.9. The Kier molecular flexibility index (Phi) is 4.28. The van der Waals surface area contributed by atoms with Crippen LogP contribution in [0.2, 0.25) is 0 Å². The third-order valence-electron chi connectivity index (χ3n) is 3.28. The third kappa shape index (κ3) is 3.34. The van der Waals surface area contributed by atoms with Crippen molar-refractivity contribution < 1.29 is 4.74 Å². The van der Waals surface area contributed by atoms with E-state index < -0.39 is 0 Å². The maximum absolute atomic E-state index is 5.30. The van der Waals surface area contributed by atoms with E-state index in [1.807, 2.05) is 55.5 Å². The van der Waals surface area contributed by atoms with Gasteiger partial charge in [-0.2, -0.15) is 9.78 Å². The van der Waals surface area contributed by atoms with Crippen molar-refractivity contribution in [3.63, 3.8) is 0 Å². The van der Waals surface area contributed by atoms with Crippen LogP contribution in [-0.4, -0.2) is 33.5 Å². The van der Waals surface area contributed by atoms with Gasteiger partial charge in [0.2, 0.25) is 0 Å². The van der Waals surface area contributed by atoms with E-state index in [0.29, 0.717) is 5.95 Å². The fourth-order valence-electron chi connectivity index (χ4n) is 2.08. The number of ether oxygens (including phenoxy) is 1. The Balaban J connectivity index is 1.76. The highest BCUT2D eigenvalue weighted by Gasteiger charge is 2.06. The van der Waals surface area contributed by atoms with Crippen LogP contribution in [0.5, 0.6) is 5.75 Å². The molecule has 0 bridgehead atoms. The molecule has 7 nitrogen and oxygen atoms in total. The lowest BCUT2D eigenvalue weighted by molar-refractivity contribution is 0.411. The lowest BCUT2D eigenvalue weighted by Gasteiger charge is -2.05. The predicted octanol–water partition coefficient (Wildman–Crippen LogP) is 2.43. The van der Waals surface area contributed by atoms with E-state index in [2.05, 4.69) is 26.1 Å². The summed E-state index contributed by atoms with van der Waals surface area (Å²) >= 11 is 0. The van der Waals surface area contributed by atoms with Crippen molar-refractivity contribution >= 4 is 12.2 Å². The zero-order chi connectivity index (χ0) is 16.1. The maximum atomic E-state index is 5.30. The molecule has 0 amide bonds. The first-order valence-corrected chi connectivity index (χ1v) is 7.05. The highest BCUT2D eigenvalue weighted by atomic mass is 16.5. The fourth-order valence-corrected chi connectivity index (χ4v) is 2.08. The third-order valence-corrected chi connectivity index (χ3v) is 3.28. The number of nitrogens with one attached hydrogen (secondary N) is 1. The highest BCUT2D eigenvalue weighted by molar-refractivity contribution is 5.81. The minimum atomic E-state index is 0.437. The minimum Gasteiger partial charge on any atom is -0.496 e. The number of hydrazone groups is 1. The van der Waals surface area contributed by atoms with Crippen LogP contribution in [0.4, 0.5) is 5.95 Å². The van der Waals surface area contributed by atoms with Gasteiger partial charge in [-0.25, -0.2) is 5.43 Å². The second-order valence-corrected chi connectivity index (χ2v) is 4.85. The van der Waals surface area contributed by atoms with Gasteiger partial charge in [0, 0.05) is 0 Å². The molecule has 0 aliphatic heterocycles. The molecule has 0 unspecified atom stereocenters. The van der Waals surface area contributed by atoms with Gasteiger partial charge in [-0.3, -0.25) is 0 Å². The van der Waals surface area contributed by atoms with Crippen LogP contribution in [0, 0.1) is 6.92 Å². The van der Waals surface area contributed by atoms with E-state index in [1.54, 1.807) is 18.0 Å². The van der Waals surface area contributed by atoms with Crippen molar-refractivity contribution in [1.82, 2.24) is 20.2 Å². The number of anilines is 1. The first-order valence-electron chi connectivity index (χ1n) is 7.05. The molecule has 23 heavy (non-hydrogen) atoms. The Morgan fingerprint density at radius 3 is 2.78 bits per heavy atom. The Hall–Kier alpha value is -3.22. The Morgan fingerprint density at radius 2 is 2.00 bits per heavy atom. The average molecular weight is 308 g/mol. The molecule has 116 valence electrons. The molecule has 0 spiro atoms. The number of rotatable bonds is 5. The molecule has 1 heterocycles. The topological polar surface area (TPSA) is 77.2 Å². The lowest BCUT2D eigenvalue weighted by Crippen LogP contribution is -2.03. The maximum Gasteiger partial charge on any atom is 0.268 e. The summed E-state index contributed by atoms with van der Waals surface area (Å²) in [5, 5.41) is 15.7. The van der Waals surface area contributed by atoms with E-state index in [0.717, 1.165) is 22.6 Å². The van der Waals surface area contributed by atoms with Crippen molar-refractivity contribution in [3.8, 4) is 11.4 Å². The van der Waals surface area contributed by atoms with Crippen LogP contribution in [0.15, 0.2) is 53.6 Å². The lowest BCUT2D eigenvalue weighted by atomic mass is 10.1. The molecule has 3 aromatic rings. The van der Waals surface area contributed by atoms with Crippen LogP contribution in [0.25, 0.3) is 5.69 Å². The predicted molar refractivity (Wildman–Crippen MR) is 88.1 cm³/mol. The summed E-state index contributed by atoms with van der Waals surface area (Å²) in [4.78, 5) is 0. The molecule has 2 aromatic carbocycles. The summed E-state index contributed by atoms with van der Waals surface area (Å²) in [6.07, 6.45) is 1.69. The Labute approximate surface area is 133 Å². The van der Waals surface area contributed by atoms with Crippen LogP contribution in [0.3, 0.4) is 0 Å². The van der Waals surface area contributed by atoms with Crippen molar-refractivity contribution in [3.05, 3.63) is 59.7 Å². The SMILES string of the molecule is COc1cc(/C=N/Nc2nnnn2-c2ccccc2)ccc1C. The number of hydrogen-bond donors (Lipinski definition) is 1.